The second-order valence-electron chi connectivity index (χ2n) is 5.68. The van der Waals surface area contributed by atoms with Crippen LogP contribution in [0.5, 0.6) is 34.5 Å². The average molecular weight is 380 g/mol. The van der Waals surface area contributed by atoms with Crippen LogP contribution in [-0.2, 0) is 0 Å². The van der Waals surface area contributed by atoms with Crippen molar-refractivity contribution in [2.24, 2.45) is 0 Å². The molecule has 0 unspecified atom stereocenters. The van der Waals surface area contributed by atoms with Crippen LogP contribution in [-0.4, -0.2) is 27.3 Å². The molecule has 3 aromatic rings. The van der Waals surface area contributed by atoms with E-state index in [9.17, 15) is 4.79 Å². The molecule has 0 bridgehead atoms. The zero-order valence-corrected chi connectivity index (χ0v) is 15.8. The first-order valence-corrected chi connectivity index (χ1v) is 8.49. The first-order chi connectivity index (χ1) is 13.6. The minimum atomic E-state index is -0.575. The van der Waals surface area contributed by atoms with Crippen molar-refractivity contribution < 1.29 is 28.5 Å². The Hall–Kier alpha value is -3.67. The van der Waals surface area contributed by atoms with Crippen molar-refractivity contribution >= 4 is 5.97 Å². The van der Waals surface area contributed by atoms with E-state index in [1.807, 2.05) is 30.3 Å². The van der Waals surface area contributed by atoms with Crippen LogP contribution in [0.3, 0.4) is 0 Å². The molecule has 3 rings (SSSR count). The standard InChI is InChI=1S/C22H20O6/c1-24-19-14-21(26-3)20(25-2)13-18(19)22(23)28-17-11-9-16(10-12-17)27-15-7-5-4-6-8-15/h4-14H,1-3H3. The summed E-state index contributed by atoms with van der Waals surface area (Å²) < 4.78 is 26.9. The summed E-state index contributed by atoms with van der Waals surface area (Å²) in [5, 5.41) is 0. The van der Waals surface area contributed by atoms with Crippen molar-refractivity contribution in [1.29, 1.82) is 0 Å². The molecule has 0 heterocycles. The smallest absolute Gasteiger partial charge is 0.347 e. The number of benzene rings is 3. The van der Waals surface area contributed by atoms with Gasteiger partial charge in [-0.05, 0) is 36.4 Å². The van der Waals surface area contributed by atoms with E-state index in [0.717, 1.165) is 5.75 Å². The molecular formula is C22H20O6. The van der Waals surface area contributed by atoms with Crippen LogP contribution >= 0.6 is 0 Å². The number of rotatable bonds is 7. The van der Waals surface area contributed by atoms with Crippen molar-refractivity contribution in [2.75, 3.05) is 21.3 Å². The molecule has 0 fully saturated rings. The molecule has 0 atom stereocenters. The Morgan fingerprint density at radius 3 is 1.79 bits per heavy atom. The quantitative estimate of drug-likeness (QED) is 0.436. The fourth-order valence-electron chi connectivity index (χ4n) is 2.55. The second-order valence-corrected chi connectivity index (χ2v) is 5.68. The summed E-state index contributed by atoms with van der Waals surface area (Å²) in [6, 6.07) is 19.3. The molecule has 144 valence electrons. The minimum Gasteiger partial charge on any atom is -0.496 e. The summed E-state index contributed by atoms with van der Waals surface area (Å²) in [6.45, 7) is 0. The van der Waals surface area contributed by atoms with Gasteiger partial charge in [0, 0.05) is 12.1 Å². The van der Waals surface area contributed by atoms with Gasteiger partial charge in [-0.15, -0.1) is 0 Å². The first kappa shape index (κ1) is 19.1. The highest BCUT2D eigenvalue weighted by Gasteiger charge is 2.19. The van der Waals surface area contributed by atoms with Crippen LogP contribution in [0.1, 0.15) is 10.4 Å². The lowest BCUT2D eigenvalue weighted by molar-refractivity contribution is 0.0730. The number of hydrogen-bond donors (Lipinski definition) is 0. The predicted octanol–water partition coefficient (Wildman–Crippen LogP) is 4.72. The van der Waals surface area contributed by atoms with E-state index in [-0.39, 0.29) is 5.56 Å². The number of methoxy groups -OCH3 is 3. The number of carbonyl (C=O) groups is 1. The summed E-state index contributed by atoms with van der Waals surface area (Å²) >= 11 is 0. The molecular weight excluding hydrogens is 360 g/mol. The highest BCUT2D eigenvalue weighted by Crippen LogP contribution is 2.35. The highest BCUT2D eigenvalue weighted by atomic mass is 16.5. The van der Waals surface area contributed by atoms with Gasteiger partial charge in [0.15, 0.2) is 11.5 Å². The number of ether oxygens (including phenoxy) is 5. The van der Waals surface area contributed by atoms with Gasteiger partial charge >= 0.3 is 5.97 Å². The van der Waals surface area contributed by atoms with Crippen molar-refractivity contribution in [1.82, 2.24) is 0 Å². The normalized spacial score (nSPS) is 10.1. The van der Waals surface area contributed by atoms with Gasteiger partial charge in [0.25, 0.3) is 0 Å². The van der Waals surface area contributed by atoms with Gasteiger partial charge in [-0.1, -0.05) is 18.2 Å². The van der Waals surface area contributed by atoms with Crippen molar-refractivity contribution in [3.8, 4) is 34.5 Å². The molecule has 0 saturated carbocycles. The van der Waals surface area contributed by atoms with Crippen LogP contribution in [0, 0.1) is 0 Å². The van der Waals surface area contributed by atoms with Crippen molar-refractivity contribution in [3.05, 3.63) is 72.3 Å². The number of para-hydroxylation sites is 1. The minimum absolute atomic E-state index is 0.227. The second kappa shape index (κ2) is 8.81. The fourth-order valence-corrected chi connectivity index (χ4v) is 2.55. The lowest BCUT2D eigenvalue weighted by Crippen LogP contribution is -2.11. The molecule has 0 radical (unpaired) electrons. The molecule has 6 nitrogen and oxygen atoms in total. The predicted molar refractivity (Wildman–Crippen MR) is 104 cm³/mol. The van der Waals surface area contributed by atoms with Gasteiger partial charge in [-0.3, -0.25) is 0 Å². The molecule has 0 aliphatic heterocycles. The van der Waals surface area contributed by atoms with E-state index in [0.29, 0.717) is 28.7 Å². The van der Waals surface area contributed by atoms with Gasteiger partial charge in [-0.2, -0.15) is 0 Å². The van der Waals surface area contributed by atoms with Crippen LogP contribution in [0.25, 0.3) is 0 Å². The lowest BCUT2D eigenvalue weighted by Gasteiger charge is -2.13. The summed E-state index contributed by atoms with van der Waals surface area (Å²) in [7, 11) is 4.47. The van der Waals surface area contributed by atoms with E-state index in [1.165, 1.54) is 27.4 Å². The molecule has 0 aliphatic carbocycles. The Bertz CT molecular complexity index is 935. The van der Waals surface area contributed by atoms with Gasteiger partial charge < -0.3 is 23.7 Å². The van der Waals surface area contributed by atoms with E-state index in [1.54, 1.807) is 30.3 Å². The topological polar surface area (TPSA) is 63.2 Å². The van der Waals surface area contributed by atoms with Crippen LogP contribution in [0.15, 0.2) is 66.7 Å². The van der Waals surface area contributed by atoms with E-state index >= 15 is 0 Å². The van der Waals surface area contributed by atoms with Crippen LogP contribution in [0.2, 0.25) is 0 Å². The van der Waals surface area contributed by atoms with Crippen molar-refractivity contribution in [2.45, 2.75) is 0 Å². The summed E-state index contributed by atoms with van der Waals surface area (Å²) in [4.78, 5) is 12.6. The molecule has 0 N–H and O–H groups in total. The van der Waals surface area contributed by atoms with Gasteiger partial charge in [0.05, 0.1) is 21.3 Å². The SMILES string of the molecule is COc1cc(OC)c(C(=O)Oc2ccc(Oc3ccccc3)cc2)cc1OC. The monoisotopic (exact) mass is 380 g/mol. The Balaban J connectivity index is 1.76. The van der Waals surface area contributed by atoms with Crippen LogP contribution < -0.4 is 23.7 Å². The third kappa shape index (κ3) is 4.35. The Morgan fingerprint density at radius 2 is 1.18 bits per heavy atom. The maximum atomic E-state index is 12.6. The third-order valence-electron chi connectivity index (χ3n) is 3.94. The molecule has 0 saturated heterocycles. The molecule has 0 amide bonds. The van der Waals surface area contributed by atoms with Gasteiger partial charge in [-0.25, -0.2) is 4.79 Å². The van der Waals surface area contributed by atoms with Crippen molar-refractivity contribution in [3.63, 3.8) is 0 Å². The Morgan fingerprint density at radius 1 is 0.643 bits per heavy atom. The third-order valence-corrected chi connectivity index (χ3v) is 3.94. The maximum absolute atomic E-state index is 12.6. The summed E-state index contributed by atoms with van der Waals surface area (Å²) in [5.74, 6) is 2.35. The van der Waals surface area contributed by atoms with Gasteiger partial charge in [0.1, 0.15) is 28.6 Å². The van der Waals surface area contributed by atoms with E-state index in [2.05, 4.69) is 0 Å². The number of carbonyl (C=O) groups excluding carboxylic acids is 1. The molecule has 28 heavy (non-hydrogen) atoms. The van der Waals surface area contributed by atoms with E-state index in [4.69, 9.17) is 23.7 Å². The zero-order chi connectivity index (χ0) is 19.9. The largest absolute Gasteiger partial charge is 0.496 e. The Kier molecular flexibility index (Phi) is 6.01. The molecule has 3 aromatic carbocycles. The number of esters is 1. The molecule has 0 spiro atoms. The zero-order valence-electron chi connectivity index (χ0n) is 15.8. The fraction of sp³-hybridized carbons (Fsp3) is 0.136. The summed E-state index contributed by atoms with van der Waals surface area (Å²) in [6.07, 6.45) is 0. The van der Waals surface area contributed by atoms with Crippen LogP contribution in [0.4, 0.5) is 0 Å². The Labute approximate surface area is 163 Å². The molecule has 6 heteroatoms. The number of hydrogen-bond acceptors (Lipinski definition) is 6. The first-order valence-electron chi connectivity index (χ1n) is 8.49. The van der Waals surface area contributed by atoms with Gasteiger partial charge in [0.2, 0.25) is 0 Å². The summed E-state index contributed by atoms with van der Waals surface area (Å²) in [5.41, 5.74) is 0.227. The lowest BCUT2D eigenvalue weighted by atomic mass is 10.1. The highest BCUT2D eigenvalue weighted by molar-refractivity contribution is 5.95. The average Bonchev–Trinajstić information content (AvgIpc) is 2.74. The van der Waals surface area contributed by atoms with E-state index < -0.39 is 5.97 Å². The maximum Gasteiger partial charge on any atom is 0.347 e. The molecule has 0 aliphatic rings. The molecule has 0 aromatic heterocycles.